The Labute approximate surface area is 236 Å². The number of allylic oxidation sites excluding steroid dienone is 1. The number of carboxylic acid groups (broad SMARTS) is 1. The zero-order valence-corrected chi connectivity index (χ0v) is 23.8. The summed E-state index contributed by atoms with van der Waals surface area (Å²) in [5.74, 6) is 0.955. The quantitative estimate of drug-likeness (QED) is 0.315. The SMILES string of the molecule is C=CCn1c(=O)c2cnc(Nc3ccc(N4CCN(C(=O)O)CC4)c(C)c3)nc2n1-c1cccc(N=S(C)(C)=O)n1. The maximum atomic E-state index is 13.2. The molecule has 1 aliphatic heterocycles. The zero-order chi connectivity index (χ0) is 29.3. The predicted octanol–water partition coefficient (Wildman–Crippen LogP) is 3.37. The molecule has 1 amide bonds. The van der Waals surface area contributed by atoms with Crippen molar-refractivity contribution in [2.45, 2.75) is 13.5 Å². The molecule has 0 spiro atoms. The van der Waals surface area contributed by atoms with E-state index in [9.17, 15) is 18.9 Å². The number of benzene rings is 1. The molecule has 41 heavy (non-hydrogen) atoms. The summed E-state index contributed by atoms with van der Waals surface area (Å²) in [6, 6.07) is 11.0. The highest BCUT2D eigenvalue weighted by Gasteiger charge is 2.22. The summed E-state index contributed by atoms with van der Waals surface area (Å²) in [6.07, 6.45) is 5.24. The van der Waals surface area contributed by atoms with Crippen LogP contribution < -0.4 is 15.8 Å². The fourth-order valence-electron chi connectivity index (χ4n) is 4.77. The van der Waals surface area contributed by atoms with Crippen LogP contribution in [-0.4, -0.2) is 83.3 Å². The molecule has 2 N–H and O–H groups in total. The number of anilines is 3. The Kier molecular flexibility index (Phi) is 7.49. The van der Waals surface area contributed by atoms with Crippen LogP contribution in [-0.2, 0) is 16.3 Å². The molecule has 13 nitrogen and oxygen atoms in total. The number of pyridine rings is 1. The van der Waals surface area contributed by atoms with Crippen molar-refractivity contribution in [3.8, 4) is 5.82 Å². The van der Waals surface area contributed by atoms with Crippen molar-refractivity contribution in [3.05, 3.63) is 71.2 Å². The lowest BCUT2D eigenvalue weighted by Crippen LogP contribution is -2.48. The predicted molar refractivity (Wildman–Crippen MR) is 159 cm³/mol. The number of aryl methyl sites for hydroxylation is 1. The summed E-state index contributed by atoms with van der Waals surface area (Å²) in [7, 11) is -2.44. The number of nitrogens with zero attached hydrogens (tertiary/aromatic N) is 8. The first kappa shape index (κ1) is 27.8. The standard InChI is InChI=1S/C27H31N9O4S/c1-5-11-35-25(37)20-17-28-26(31-24(20)36(35)23-8-6-7-22(30-23)32-41(3,4)40)29-19-9-10-21(18(2)16-19)33-12-14-34(15-13-33)27(38)39/h5-10,16-17H,1,11-15H2,2-4H3,(H,38,39)(H,28,29,31). The van der Waals surface area contributed by atoms with E-state index in [4.69, 9.17) is 0 Å². The molecule has 4 heterocycles. The Morgan fingerprint density at radius 1 is 1.17 bits per heavy atom. The van der Waals surface area contributed by atoms with Crippen molar-refractivity contribution in [2.24, 2.45) is 4.36 Å². The largest absolute Gasteiger partial charge is 0.465 e. The van der Waals surface area contributed by atoms with Gasteiger partial charge in [0.1, 0.15) is 5.39 Å². The van der Waals surface area contributed by atoms with Crippen LogP contribution in [0.2, 0.25) is 0 Å². The van der Waals surface area contributed by atoms with Crippen molar-refractivity contribution in [3.63, 3.8) is 0 Å². The minimum atomic E-state index is -2.44. The average Bonchev–Trinajstić information content (AvgIpc) is 3.19. The highest BCUT2D eigenvalue weighted by atomic mass is 32.2. The number of rotatable bonds is 7. The molecule has 0 bridgehead atoms. The van der Waals surface area contributed by atoms with Gasteiger partial charge in [-0.15, -0.1) is 6.58 Å². The lowest BCUT2D eigenvalue weighted by Gasteiger charge is -2.35. The van der Waals surface area contributed by atoms with Crippen LogP contribution in [0, 0.1) is 6.92 Å². The van der Waals surface area contributed by atoms with Gasteiger partial charge in [-0.3, -0.25) is 4.79 Å². The van der Waals surface area contributed by atoms with Crippen LogP contribution in [0.5, 0.6) is 0 Å². The van der Waals surface area contributed by atoms with Crippen molar-refractivity contribution in [1.82, 2.24) is 29.2 Å². The third-order valence-electron chi connectivity index (χ3n) is 6.57. The van der Waals surface area contributed by atoms with Crippen molar-refractivity contribution in [2.75, 3.05) is 48.9 Å². The van der Waals surface area contributed by atoms with Gasteiger partial charge in [-0.2, -0.15) is 9.35 Å². The third kappa shape index (κ3) is 5.91. The lowest BCUT2D eigenvalue weighted by molar-refractivity contribution is 0.142. The number of nitrogens with one attached hydrogen (secondary N) is 1. The van der Waals surface area contributed by atoms with Gasteiger partial charge in [-0.25, -0.2) is 28.3 Å². The minimum Gasteiger partial charge on any atom is -0.465 e. The number of hydrogen-bond donors (Lipinski definition) is 2. The van der Waals surface area contributed by atoms with Gasteiger partial charge in [-0.1, -0.05) is 12.1 Å². The number of aromatic nitrogens is 5. The van der Waals surface area contributed by atoms with Gasteiger partial charge in [0.05, 0.1) is 6.54 Å². The highest BCUT2D eigenvalue weighted by molar-refractivity contribution is 7.92. The molecule has 5 rings (SSSR count). The maximum absolute atomic E-state index is 13.2. The van der Waals surface area contributed by atoms with E-state index >= 15 is 0 Å². The Morgan fingerprint density at radius 2 is 1.93 bits per heavy atom. The second-order valence-corrected chi connectivity index (χ2v) is 12.5. The molecule has 14 heteroatoms. The monoisotopic (exact) mass is 577 g/mol. The summed E-state index contributed by atoms with van der Waals surface area (Å²) < 4.78 is 19.5. The van der Waals surface area contributed by atoms with E-state index in [1.165, 1.54) is 28.3 Å². The van der Waals surface area contributed by atoms with Crippen LogP contribution in [0.25, 0.3) is 16.9 Å². The minimum absolute atomic E-state index is 0.209. The van der Waals surface area contributed by atoms with Gasteiger partial charge in [-0.05, 0) is 42.8 Å². The van der Waals surface area contributed by atoms with Crippen LogP contribution in [0.3, 0.4) is 0 Å². The smallest absolute Gasteiger partial charge is 0.407 e. The molecule has 1 aliphatic rings. The molecule has 1 saturated heterocycles. The number of carbonyl (C=O) groups is 1. The molecule has 1 fully saturated rings. The molecule has 0 aliphatic carbocycles. The van der Waals surface area contributed by atoms with Gasteiger partial charge >= 0.3 is 6.09 Å². The maximum Gasteiger partial charge on any atom is 0.407 e. The van der Waals surface area contributed by atoms with E-state index in [1.807, 2.05) is 25.1 Å². The van der Waals surface area contributed by atoms with E-state index in [2.05, 4.69) is 36.1 Å². The average molecular weight is 578 g/mol. The highest BCUT2D eigenvalue weighted by Crippen LogP contribution is 2.27. The molecule has 4 aromatic rings. The molecular formula is C27H31N9O4S. The second-order valence-electron chi connectivity index (χ2n) is 9.93. The Hall–Kier alpha value is -4.72. The van der Waals surface area contributed by atoms with Gasteiger partial charge in [0.15, 0.2) is 17.3 Å². The normalized spacial score (nSPS) is 13.8. The Morgan fingerprint density at radius 3 is 2.59 bits per heavy atom. The number of piperazine rings is 1. The van der Waals surface area contributed by atoms with Crippen molar-refractivity contribution >= 4 is 50.0 Å². The summed E-state index contributed by atoms with van der Waals surface area (Å²) in [6.45, 7) is 8.13. The fraction of sp³-hybridized carbons (Fsp3) is 0.296. The zero-order valence-electron chi connectivity index (χ0n) is 23.0. The first-order valence-electron chi connectivity index (χ1n) is 12.9. The Balaban J connectivity index is 1.48. The topological polar surface area (TPSA) is 151 Å². The molecule has 0 radical (unpaired) electrons. The van der Waals surface area contributed by atoms with Gasteiger partial charge in [0, 0.05) is 66.0 Å². The van der Waals surface area contributed by atoms with Gasteiger partial charge < -0.3 is 20.2 Å². The van der Waals surface area contributed by atoms with Crippen LogP contribution in [0.4, 0.5) is 27.9 Å². The first-order valence-corrected chi connectivity index (χ1v) is 15.2. The third-order valence-corrected chi connectivity index (χ3v) is 7.20. The number of amides is 1. The molecule has 214 valence electrons. The van der Waals surface area contributed by atoms with Crippen LogP contribution in [0.1, 0.15) is 5.56 Å². The Bertz CT molecular complexity index is 1820. The number of fused-ring (bicyclic) bond motifs is 1. The molecule has 0 atom stereocenters. The van der Waals surface area contributed by atoms with Gasteiger partial charge in [0.25, 0.3) is 5.56 Å². The molecule has 1 aromatic carbocycles. The van der Waals surface area contributed by atoms with Gasteiger partial charge in [0.2, 0.25) is 5.95 Å². The molecule has 0 unspecified atom stereocenters. The van der Waals surface area contributed by atoms with Crippen LogP contribution >= 0.6 is 0 Å². The first-order chi connectivity index (χ1) is 19.5. The van der Waals surface area contributed by atoms with E-state index in [1.54, 1.807) is 29.0 Å². The summed E-state index contributed by atoms with van der Waals surface area (Å²) >= 11 is 0. The van der Waals surface area contributed by atoms with E-state index < -0.39 is 15.8 Å². The lowest BCUT2D eigenvalue weighted by atomic mass is 10.1. The molecule has 3 aromatic heterocycles. The van der Waals surface area contributed by atoms with Crippen molar-refractivity contribution < 1.29 is 14.1 Å². The summed E-state index contributed by atoms with van der Waals surface area (Å²) in [5.41, 5.74) is 2.86. The molecule has 0 saturated carbocycles. The fourth-order valence-corrected chi connectivity index (χ4v) is 5.32. The van der Waals surface area contributed by atoms with E-state index in [0.717, 1.165) is 16.9 Å². The van der Waals surface area contributed by atoms with Crippen LogP contribution in [0.15, 0.2) is 64.4 Å². The molecular weight excluding hydrogens is 546 g/mol. The summed E-state index contributed by atoms with van der Waals surface area (Å²) in [4.78, 5) is 41.6. The van der Waals surface area contributed by atoms with E-state index in [0.29, 0.717) is 43.0 Å². The van der Waals surface area contributed by atoms with Crippen molar-refractivity contribution in [1.29, 1.82) is 0 Å². The summed E-state index contributed by atoms with van der Waals surface area (Å²) in [5, 5.41) is 12.7. The van der Waals surface area contributed by atoms with E-state index in [-0.39, 0.29) is 23.9 Å². The second kappa shape index (κ2) is 11.0. The number of hydrogen-bond acceptors (Lipinski definition) is 9.